The number of hydrogen-bond acceptors (Lipinski definition) is 6. The summed E-state index contributed by atoms with van der Waals surface area (Å²) in [6, 6.07) is 10.2. The van der Waals surface area contributed by atoms with Crippen molar-refractivity contribution in [3.8, 4) is 11.3 Å². The Kier molecular flexibility index (Phi) is 6.33. The Morgan fingerprint density at radius 3 is 2.68 bits per heavy atom. The van der Waals surface area contributed by atoms with Crippen molar-refractivity contribution in [3.05, 3.63) is 65.8 Å². The monoisotopic (exact) mass is 413 g/mol. The molecule has 1 N–H and O–H groups in total. The van der Waals surface area contributed by atoms with Crippen molar-refractivity contribution < 1.29 is 13.2 Å². The molecule has 3 rings (SSSR count). The third-order valence-electron chi connectivity index (χ3n) is 3.83. The molecule has 2 aromatic heterocycles. The van der Waals surface area contributed by atoms with Crippen LogP contribution in [0.1, 0.15) is 18.9 Å². The van der Waals surface area contributed by atoms with E-state index < -0.39 is 9.84 Å². The van der Waals surface area contributed by atoms with Crippen molar-refractivity contribution in [2.75, 3.05) is 11.1 Å². The van der Waals surface area contributed by atoms with Crippen molar-refractivity contribution in [3.63, 3.8) is 0 Å². The summed E-state index contributed by atoms with van der Waals surface area (Å²) < 4.78 is 24.1. The van der Waals surface area contributed by atoms with Gasteiger partial charge >= 0.3 is 0 Å². The molecule has 0 radical (unpaired) electrons. The maximum absolute atomic E-state index is 12.1. The van der Waals surface area contributed by atoms with E-state index in [1.54, 1.807) is 42.7 Å². The summed E-state index contributed by atoms with van der Waals surface area (Å²) in [5.74, 6) is -0.186. The molecule has 28 heavy (non-hydrogen) atoms. The molecule has 0 unspecified atom stereocenters. The van der Waals surface area contributed by atoms with Gasteiger partial charge in [0, 0.05) is 29.4 Å². The molecule has 0 bridgehead atoms. The molecule has 0 aliphatic carbocycles. The highest BCUT2D eigenvalue weighted by atomic mass is 32.2. The van der Waals surface area contributed by atoms with Crippen LogP contribution < -0.4 is 5.32 Å². The Hall–Kier alpha value is -2.84. The van der Waals surface area contributed by atoms with Crippen LogP contribution >= 0.6 is 11.3 Å². The van der Waals surface area contributed by atoms with Gasteiger partial charge < -0.3 is 0 Å². The lowest BCUT2D eigenvalue weighted by Gasteiger charge is -2.03. The van der Waals surface area contributed by atoms with E-state index in [-0.39, 0.29) is 11.7 Å². The second-order valence-electron chi connectivity index (χ2n) is 5.99. The lowest BCUT2D eigenvalue weighted by molar-refractivity contribution is -0.111. The third kappa shape index (κ3) is 5.11. The van der Waals surface area contributed by atoms with Gasteiger partial charge in [-0.3, -0.25) is 15.1 Å². The van der Waals surface area contributed by atoms with Gasteiger partial charge in [0.15, 0.2) is 15.0 Å². The fraction of sp³-hybridized carbons (Fsp3) is 0.150. The van der Waals surface area contributed by atoms with Gasteiger partial charge in [-0.1, -0.05) is 19.1 Å². The number of nitrogens with zero attached hydrogens (tertiary/aromatic N) is 2. The summed E-state index contributed by atoms with van der Waals surface area (Å²) in [5.41, 5.74) is 2.37. The molecular weight excluding hydrogens is 394 g/mol. The van der Waals surface area contributed by atoms with Crippen LogP contribution in [-0.4, -0.2) is 30.0 Å². The van der Waals surface area contributed by atoms with Crippen molar-refractivity contribution in [1.29, 1.82) is 0 Å². The first-order valence-electron chi connectivity index (χ1n) is 8.66. The van der Waals surface area contributed by atoms with Gasteiger partial charge in [-0.2, -0.15) is 0 Å². The Morgan fingerprint density at radius 2 is 2.00 bits per heavy atom. The average molecular weight is 414 g/mol. The summed E-state index contributed by atoms with van der Waals surface area (Å²) in [6.45, 7) is 1.83. The van der Waals surface area contributed by atoms with E-state index in [2.05, 4.69) is 15.3 Å². The van der Waals surface area contributed by atoms with Gasteiger partial charge in [0.2, 0.25) is 5.91 Å². The Morgan fingerprint density at radius 1 is 1.21 bits per heavy atom. The molecule has 0 atom stereocenters. The molecule has 1 amide bonds. The molecule has 144 valence electrons. The number of rotatable bonds is 7. The zero-order valence-corrected chi connectivity index (χ0v) is 16.8. The first-order chi connectivity index (χ1) is 13.5. The number of sulfone groups is 1. The van der Waals surface area contributed by atoms with Crippen LogP contribution in [0.3, 0.4) is 0 Å². The van der Waals surface area contributed by atoms with E-state index in [1.165, 1.54) is 17.4 Å². The normalized spacial score (nSPS) is 11.6. The summed E-state index contributed by atoms with van der Waals surface area (Å²) in [5, 5.41) is 5.07. The summed E-state index contributed by atoms with van der Waals surface area (Å²) in [6.07, 6.45) is 6.99. The van der Waals surface area contributed by atoms with Crippen LogP contribution in [0.5, 0.6) is 0 Å². The lowest BCUT2D eigenvalue weighted by Crippen LogP contribution is -2.07. The molecule has 0 aliphatic rings. The largest absolute Gasteiger partial charge is 0.298 e. The van der Waals surface area contributed by atoms with E-state index in [1.807, 2.05) is 24.4 Å². The Balaban J connectivity index is 1.62. The number of anilines is 1. The van der Waals surface area contributed by atoms with Gasteiger partial charge in [-0.15, -0.1) is 11.3 Å². The minimum absolute atomic E-state index is 0.124. The molecule has 8 heteroatoms. The molecule has 2 heterocycles. The van der Waals surface area contributed by atoms with Crippen LogP contribution in [-0.2, 0) is 14.6 Å². The number of carbonyl (C=O) groups is 1. The summed E-state index contributed by atoms with van der Waals surface area (Å²) >= 11 is 1.33. The van der Waals surface area contributed by atoms with Gasteiger partial charge in [-0.25, -0.2) is 13.4 Å². The molecule has 0 saturated heterocycles. The maximum atomic E-state index is 12.1. The summed E-state index contributed by atoms with van der Waals surface area (Å²) in [4.78, 5) is 20.8. The van der Waals surface area contributed by atoms with E-state index in [4.69, 9.17) is 0 Å². The minimum atomic E-state index is -3.23. The highest BCUT2D eigenvalue weighted by Crippen LogP contribution is 2.24. The summed E-state index contributed by atoms with van der Waals surface area (Å²) in [7, 11) is -3.23. The number of amides is 1. The molecule has 0 aliphatic heterocycles. The van der Waals surface area contributed by atoms with E-state index in [9.17, 15) is 13.2 Å². The van der Waals surface area contributed by atoms with Crippen LogP contribution in [0.25, 0.3) is 17.3 Å². The smallest absolute Gasteiger partial charge is 0.250 e. The Bertz CT molecular complexity index is 1070. The molecular formula is C20H19N3O3S2. The predicted molar refractivity (Wildman–Crippen MR) is 112 cm³/mol. The van der Waals surface area contributed by atoms with Gasteiger partial charge in [-0.05, 0) is 42.3 Å². The molecule has 6 nitrogen and oxygen atoms in total. The number of pyridine rings is 1. The SMILES string of the molecule is CCCS(=O)(=O)c1ccc(C=CC(=O)Nc2nc(-c3cccnc3)cs2)cc1. The van der Waals surface area contributed by atoms with Crippen molar-refractivity contribution in [2.24, 2.45) is 0 Å². The molecule has 0 fully saturated rings. The lowest BCUT2D eigenvalue weighted by atomic mass is 10.2. The fourth-order valence-electron chi connectivity index (χ4n) is 2.47. The number of hydrogen-bond donors (Lipinski definition) is 1. The number of aromatic nitrogens is 2. The second-order valence-corrected chi connectivity index (χ2v) is 8.96. The zero-order valence-electron chi connectivity index (χ0n) is 15.2. The third-order valence-corrected chi connectivity index (χ3v) is 6.52. The fourth-order valence-corrected chi connectivity index (χ4v) is 4.52. The topological polar surface area (TPSA) is 89.0 Å². The molecule has 0 saturated carbocycles. The highest BCUT2D eigenvalue weighted by molar-refractivity contribution is 7.91. The molecule has 1 aromatic carbocycles. The van der Waals surface area contributed by atoms with Crippen LogP contribution in [0.15, 0.2) is 65.1 Å². The zero-order chi connectivity index (χ0) is 20.0. The minimum Gasteiger partial charge on any atom is -0.298 e. The number of carbonyl (C=O) groups excluding carboxylic acids is 1. The van der Waals surface area contributed by atoms with Gasteiger partial charge in [0.1, 0.15) is 0 Å². The second kappa shape index (κ2) is 8.90. The van der Waals surface area contributed by atoms with Crippen molar-refractivity contribution in [2.45, 2.75) is 18.2 Å². The number of benzene rings is 1. The molecule has 3 aromatic rings. The van der Waals surface area contributed by atoms with Crippen LogP contribution in [0, 0.1) is 0 Å². The van der Waals surface area contributed by atoms with Gasteiger partial charge in [0.25, 0.3) is 0 Å². The predicted octanol–water partition coefficient (Wildman–Crippen LogP) is 4.04. The van der Waals surface area contributed by atoms with Crippen LogP contribution in [0.4, 0.5) is 5.13 Å². The van der Waals surface area contributed by atoms with Crippen molar-refractivity contribution >= 4 is 38.3 Å². The van der Waals surface area contributed by atoms with E-state index in [0.29, 0.717) is 16.4 Å². The average Bonchev–Trinajstić information content (AvgIpc) is 3.16. The highest BCUT2D eigenvalue weighted by Gasteiger charge is 2.12. The van der Waals surface area contributed by atoms with Crippen molar-refractivity contribution in [1.82, 2.24) is 9.97 Å². The first kappa shape index (κ1) is 19.9. The van der Waals surface area contributed by atoms with E-state index in [0.717, 1.165) is 16.8 Å². The first-order valence-corrected chi connectivity index (χ1v) is 11.2. The van der Waals surface area contributed by atoms with Crippen LogP contribution in [0.2, 0.25) is 0 Å². The molecule has 0 spiro atoms. The number of nitrogens with one attached hydrogen (secondary N) is 1. The van der Waals surface area contributed by atoms with Gasteiger partial charge in [0.05, 0.1) is 16.3 Å². The maximum Gasteiger partial charge on any atom is 0.250 e. The Labute approximate surface area is 167 Å². The quantitative estimate of drug-likeness (QED) is 0.591. The number of thiazole rings is 1. The van der Waals surface area contributed by atoms with E-state index >= 15 is 0 Å². The standard InChI is InChI=1S/C20H19N3O3S2/c1-2-12-28(25,26)17-8-5-15(6-9-17)7-10-19(24)23-20-22-18(14-27-20)16-4-3-11-21-13-16/h3-11,13-14H,2,12H2,1H3,(H,22,23,24).